The monoisotopic (exact) mass is 320 g/mol. The highest BCUT2D eigenvalue weighted by molar-refractivity contribution is 7.14. The van der Waals surface area contributed by atoms with Crippen LogP contribution in [0.25, 0.3) is 0 Å². The van der Waals surface area contributed by atoms with Gasteiger partial charge in [-0.05, 0) is 56.4 Å². The largest absolute Gasteiger partial charge is 0.294 e. The fourth-order valence-corrected chi connectivity index (χ4v) is 4.42. The number of hydrogen-bond acceptors (Lipinski definition) is 4. The van der Waals surface area contributed by atoms with Crippen molar-refractivity contribution >= 4 is 34.2 Å². The minimum atomic E-state index is 0.131. The maximum Gasteiger partial charge on any atom is 0.169 e. The Morgan fingerprint density at radius 3 is 1.52 bits per heavy atom. The molecule has 2 aromatic heterocycles. The van der Waals surface area contributed by atoms with Gasteiger partial charge in [0.2, 0.25) is 0 Å². The highest BCUT2D eigenvalue weighted by Gasteiger charge is 2.15. The Morgan fingerprint density at radius 1 is 0.857 bits per heavy atom. The molecule has 21 heavy (non-hydrogen) atoms. The first kappa shape index (κ1) is 16.1. The lowest BCUT2D eigenvalue weighted by atomic mass is 10.0. The van der Waals surface area contributed by atoms with Crippen LogP contribution >= 0.6 is 22.7 Å². The lowest BCUT2D eigenvalue weighted by Crippen LogP contribution is -1.92. The standard InChI is InChI=1S/C17H20O2S2/c1-5-14-12(8-16(20-14)10(3)18)7-13-9-17(11(4)19)21-15(13)6-2/h8-9H,5-7H2,1-4H3. The fraction of sp³-hybridized carbons (Fsp3) is 0.412. The molecule has 0 aliphatic rings. The molecule has 2 nitrogen and oxygen atoms in total. The Bertz CT molecular complexity index is 619. The van der Waals surface area contributed by atoms with E-state index in [-0.39, 0.29) is 11.6 Å². The molecule has 0 saturated carbocycles. The van der Waals surface area contributed by atoms with E-state index in [0.717, 1.165) is 29.0 Å². The zero-order valence-corrected chi connectivity index (χ0v) is 14.5. The molecule has 2 heterocycles. The molecule has 0 radical (unpaired) electrons. The molecule has 0 saturated heterocycles. The highest BCUT2D eigenvalue weighted by Crippen LogP contribution is 2.30. The molecule has 0 fully saturated rings. The number of aryl methyl sites for hydroxylation is 2. The van der Waals surface area contributed by atoms with Crippen molar-refractivity contribution in [2.24, 2.45) is 0 Å². The summed E-state index contributed by atoms with van der Waals surface area (Å²) < 4.78 is 0. The summed E-state index contributed by atoms with van der Waals surface area (Å²) in [5, 5.41) is 0. The van der Waals surface area contributed by atoms with Crippen molar-refractivity contribution in [2.75, 3.05) is 0 Å². The molecule has 0 unspecified atom stereocenters. The van der Waals surface area contributed by atoms with Gasteiger partial charge >= 0.3 is 0 Å². The van der Waals surface area contributed by atoms with E-state index in [9.17, 15) is 9.59 Å². The van der Waals surface area contributed by atoms with Crippen LogP contribution in [0.15, 0.2) is 12.1 Å². The second-order valence-corrected chi connectivity index (χ2v) is 7.39. The van der Waals surface area contributed by atoms with Gasteiger partial charge in [0.1, 0.15) is 0 Å². The number of hydrogen-bond donors (Lipinski definition) is 0. The highest BCUT2D eigenvalue weighted by atomic mass is 32.1. The van der Waals surface area contributed by atoms with Crippen LogP contribution in [0.1, 0.15) is 67.9 Å². The summed E-state index contributed by atoms with van der Waals surface area (Å²) in [6, 6.07) is 4.05. The summed E-state index contributed by atoms with van der Waals surface area (Å²) in [6.45, 7) is 7.47. The average Bonchev–Trinajstić information content (AvgIpc) is 3.03. The molecule has 0 N–H and O–H groups in total. The molecule has 112 valence electrons. The third kappa shape index (κ3) is 3.50. The van der Waals surface area contributed by atoms with Crippen LogP contribution < -0.4 is 0 Å². The molecule has 0 bridgehead atoms. The number of Topliss-reactive ketones (excluding diaryl/α,β-unsaturated/α-hetero) is 2. The first-order valence-corrected chi connectivity index (χ1v) is 8.84. The molecule has 0 spiro atoms. The Balaban J connectivity index is 2.37. The van der Waals surface area contributed by atoms with Gasteiger partial charge in [-0.25, -0.2) is 0 Å². The predicted octanol–water partition coefficient (Wildman–Crippen LogP) is 4.93. The molecule has 2 rings (SSSR count). The maximum atomic E-state index is 11.6. The Labute approximate surface area is 133 Å². The van der Waals surface area contributed by atoms with Crippen molar-refractivity contribution in [1.82, 2.24) is 0 Å². The van der Waals surface area contributed by atoms with E-state index in [1.54, 1.807) is 36.5 Å². The molecule has 0 amide bonds. The van der Waals surface area contributed by atoms with Gasteiger partial charge in [0.25, 0.3) is 0 Å². The predicted molar refractivity (Wildman–Crippen MR) is 90.2 cm³/mol. The van der Waals surface area contributed by atoms with Crippen LogP contribution in [0, 0.1) is 0 Å². The quantitative estimate of drug-likeness (QED) is 0.707. The van der Waals surface area contributed by atoms with Crippen LogP contribution in [-0.4, -0.2) is 11.6 Å². The normalized spacial score (nSPS) is 10.9. The second kappa shape index (κ2) is 6.67. The average molecular weight is 320 g/mol. The van der Waals surface area contributed by atoms with Crippen molar-refractivity contribution in [2.45, 2.75) is 47.0 Å². The summed E-state index contributed by atoms with van der Waals surface area (Å²) in [7, 11) is 0. The second-order valence-electron chi connectivity index (χ2n) is 5.11. The molecule has 4 heteroatoms. The first-order chi connectivity index (χ1) is 9.96. The van der Waals surface area contributed by atoms with Gasteiger partial charge in [-0.3, -0.25) is 9.59 Å². The van der Waals surface area contributed by atoms with E-state index >= 15 is 0 Å². The third-order valence-electron chi connectivity index (χ3n) is 3.51. The number of carbonyl (C=O) groups excluding carboxylic acids is 2. The van der Waals surface area contributed by atoms with Gasteiger partial charge in [0.05, 0.1) is 9.75 Å². The number of thiophene rings is 2. The lowest BCUT2D eigenvalue weighted by molar-refractivity contribution is 0.101. The number of carbonyl (C=O) groups is 2. The van der Waals surface area contributed by atoms with Gasteiger partial charge < -0.3 is 0 Å². The topological polar surface area (TPSA) is 34.1 Å². The van der Waals surface area contributed by atoms with Crippen LogP contribution in [0.4, 0.5) is 0 Å². The molecule has 0 aliphatic carbocycles. The summed E-state index contributed by atoms with van der Waals surface area (Å²) in [5.41, 5.74) is 2.46. The van der Waals surface area contributed by atoms with E-state index in [4.69, 9.17) is 0 Å². The minimum Gasteiger partial charge on any atom is -0.294 e. The first-order valence-electron chi connectivity index (χ1n) is 7.21. The van der Waals surface area contributed by atoms with Crippen molar-refractivity contribution in [3.63, 3.8) is 0 Å². The van der Waals surface area contributed by atoms with Crippen LogP contribution in [-0.2, 0) is 19.3 Å². The van der Waals surface area contributed by atoms with Gasteiger partial charge in [0, 0.05) is 9.75 Å². The molecule has 2 aromatic rings. The Kier molecular flexibility index (Phi) is 5.12. The summed E-state index contributed by atoms with van der Waals surface area (Å²) >= 11 is 3.20. The van der Waals surface area contributed by atoms with Crippen molar-refractivity contribution < 1.29 is 9.59 Å². The van der Waals surface area contributed by atoms with Gasteiger partial charge in [-0.1, -0.05) is 13.8 Å². The molecular formula is C17H20O2S2. The number of rotatable bonds is 6. The lowest BCUT2D eigenvalue weighted by Gasteiger charge is -2.02. The SMILES string of the molecule is CCc1sc(C(C)=O)cc1Cc1cc(C(C)=O)sc1CC. The Morgan fingerprint density at radius 2 is 1.24 bits per heavy atom. The van der Waals surface area contributed by atoms with E-state index in [0.29, 0.717) is 0 Å². The van der Waals surface area contributed by atoms with Crippen molar-refractivity contribution in [1.29, 1.82) is 0 Å². The summed E-state index contributed by atoms with van der Waals surface area (Å²) in [4.78, 5) is 27.3. The van der Waals surface area contributed by atoms with E-state index < -0.39 is 0 Å². The van der Waals surface area contributed by atoms with E-state index in [1.807, 2.05) is 12.1 Å². The molecular weight excluding hydrogens is 300 g/mol. The zero-order chi connectivity index (χ0) is 15.6. The van der Waals surface area contributed by atoms with Crippen molar-refractivity contribution in [3.8, 4) is 0 Å². The Hall–Kier alpha value is -1.26. The van der Waals surface area contributed by atoms with E-state index in [2.05, 4.69) is 13.8 Å². The van der Waals surface area contributed by atoms with Crippen LogP contribution in [0.3, 0.4) is 0 Å². The van der Waals surface area contributed by atoms with E-state index in [1.165, 1.54) is 20.9 Å². The van der Waals surface area contributed by atoms with Gasteiger partial charge in [-0.2, -0.15) is 0 Å². The van der Waals surface area contributed by atoms with Crippen LogP contribution in [0.2, 0.25) is 0 Å². The number of ketones is 2. The van der Waals surface area contributed by atoms with Crippen LogP contribution in [0.5, 0.6) is 0 Å². The fourth-order valence-electron chi connectivity index (χ4n) is 2.38. The summed E-state index contributed by atoms with van der Waals surface area (Å²) in [5.74, 6) is 0.262. The summed E-state index contributed by atoms with van der Waals surface area (Å²) in [6.07, 6.45) is 2.71. The molecule has 0 atom stereocenters. The minimum absolute atomic E-state index is 0.131. The van der Waals surface area contributed by atoms with Crippen molar-refractivity contribution in [3.05, 3.63) is 42.8 Å². The smallest absolute Gasteiger partial charge is 0.169 e. The third-order valence-corrected chi connectivity index (χ3v) is 6.36. The van der Waals surface area contributed by atoms with Gasteiger partial charge in [0.15, 0.2) is 11.6 Å². The van der Waals surface area contributed by atoms with Gasteiger partial charge in [-0.15, -0.1) is 22.7 Å². The molecule has 0 aromatic carbocycles. The zero-order valence-electron chi connectivity index (χ0n) is 12.9. The maximum absolute atomic E-state index is 11.6. The molecule has 0 aliphatic heterocycles.